The monoisotopic (exact) mass is 298 g/mol. The molecule has 1 atom stereocenters. The lowest BCUT2D eigenvalue weighted by molar-refractivity contribution is 0.171. The standard InChI is InChI=1S/C19H26N2O/c1-21-18(13-14-22-2)19(15-20,16-9-5-3-6-10-16)17-11-7-4-8-12-17/h3-12,18,21H,13-15,20H2,1-2H3. The minimum absolute atomic E-state index is 0.197. The van der Waals surface area contributed by atoms with Crippen molar-refractivity contribution >= 4 is 0 Å². The van der Waals surface area contributed by atoms with E-state index >= 15 is 0 Å². The average molecular weight is 298 g/mol. The molecule has 2 rings (SSSR count). The highest BCUT2D eigenvalue weighted by Crippen LogP contribution is 2.36. The Labute approximate surface area is 133 Å². The van der Waals surface area contributed by atoms with Crippen LogP contribution in [0.5, 0.6) is 0 Å². The molecule has 0 aliphatic rings. The molecule has 3 nitrogen and oxygen atoms in total. The fourth-order valence-electron chi connectivity index (χ4n) is 3.29. The average Bonchev–Trinajstić information content (AvgIpc) is 2.60. The maximum Gasteiger partial charge on any atom is 0.0478 e. The zero-order valence-corrected chi connectivity index (χ0v) is 13.5. The lowest BCUT2D eigenvalue weighted by Gasteiger charge is -2.41. The Morgan fingerprint density at radius 3 is 1.86 bits per heavy atom. The molecule has 3 N–H and O–H groups in total. The Morgan fingerprint density at radius 2 is 1.50 bits per heavy atom. The molecular formula is C19H26N2O. The Kier molecular flexibility index (Phi) is 6.13. The van der Waals surface area contributed by atoms with Crippen molar-refractivity contribution in [3.8, 4) is 0 Å². The number of nitrogens with one attached hydrogen (secondary N) is 1. The molecule has 3 heteroatoms. The maximum absolute atomic E-state index is 6.34. The molecule has 2 aromatic carbocycles. The Hall–Kier alpha value is -1.68. The first-order chi connectivity index (χ1) is 10.8. The first-order valence-corrected chi connectivity index (χ1v) is 7.77. The van der Waals surface area contributed by atoms with Crippen LogP contribution in [0.2, 0.25) is 0 Å². The smallest absolute Gasteiger partial charge is 0.0478 e. The van der Waals surface area contributed by atoms with E-state index in [0.29, 0.717) is 13.2 Å². The second kappa shape index (κ2) is 8.08. The normalized spacial score (nSPS) is 13.0. The Bertz CT molecular complexity index is 502. The highest BCUT2D eigenvalue weighted by molar-refractivity contribution is 5.42. The lowest BCUT2D eigenvalue weighted by Crippen LogP contribution is -2.53. The number of rotatable bonds is 8. The quantitative estimate of drug-likeness (QED) is 0.787. The third-order valence-corrected chi connectivity index (χ3v) is 4.45. The Balaban J connectivity index is 2.56. The minimum atomic E-state index is -0.268. The molecule has 0 spiro atoms. The topological polar surface area (TPSA) is 47.3 Å². The van der Waals surface area contributed by atoms with Gasteiger partial charge in [0, 0.05) is 31.7 Å². The highest BCUT2D eigenvalue weighted by Gasteiger charge is 2.39. The van der Waals surface area contributed by atoms with Crippen molar-refractivity contribution in [3.63, 3.8) is 0 Å². The van der Waals surface area contributed by atoms with Crippen molar-refractivity contribution < 1.29 is 4.74 Å². The first-order valence-electron chi connectivity index (χ1n) is 7.77. The number of ether oxygens (including phenoxy) is 1. The molecule has 118 valence electrons. The summed E-state index contributed by atoms with van der Waals surface area (Å²) in [4.78, 5) is 0. The van der Waals surface area contributed by atoms with Crippen LogP contribution in [0.3, 0.4) is 0 Å². The fourth-order valence-corrected chi connectivity index (χ4v) is 3.29. The van der Waals surface area contributed by atoms with Gasteiger partial charge in [-0.05, 0) is 24.6 Å². The third kappa shape index (κ3) is 3.22. The van der Waals surface area contributed by atoms with Crippen LogP contribution in [0.15, 0.2) is 60.7 Å². The SMILES string of the molecule is CNC(CCOC)C(CN)(c1ccccc1)c1ccccc1. The van der Waals surface area contributed by atoms with Gasteiger partial charge in [-0.1, -0.05) is 60.7 Å². The second-order valence-corrected chi connectivity index (χ2v) is 5.53. The zero-order chi connectivity index (χ0) is 15.8. The van der Waals surface area contributed by atoms with Gasteiger partial charge in [0.15, 0.2) is 0 Å². The van der Waals surface area contributed by atoms with Crippen molar-refractivity contribution in [2.75, 3.05) is 27.3 Å². The molecule has 0 saturated carbocycles. The molecule has 0 radical (unpaired) electrons. The van der Waals surface area contributed by atoms with Crippen LogP contribution in [0, 0.1) is 0 Å². The van der Waals surface area contributed by atoms with Gasteiger partial charge in [-0.15, -0.1) is 0 Å². The van der Waals surface area contributed by atoms with Crippen LogP contribution < -0.4 is 11.1 Å². The summed E-state index contributed by atoms with van der Waals surface area (Å²) in [5.74, 6) is 0. The minimum Gasteiger partial charge on any atom is -0.385 e. The van der Waals surface area contributed by atoms with Crippen molar-refractivity contribution in [1.29, 1.82) is 0 Å². The van der Waals surface area contributed by atoms with Gasteiger partial charge in [0.2, 0.25) is 0 Å². The molecule has 2 aromatic rings. The number of nitrogens with two attached hydrogens (primary N) is 1. The van der Waals surface area contributed by atoms with Crippen molar-refractivity contribution in [3.05, 3.63) is 71.8 Å². The number of likely N-dealkylation sites (N-methyl/N-ethyl adjacent to an activating group) is 1. The van der Waals surface area contributed by atoms with E-state index < -0.39 is 0 Å². The molecule has 0 amide bonds. The molecule has 1 unspecified atom stereocenters. The predicted molar refractivity (Wildman–Crippen MR) is 92.1 cm³/mol. The largest absolute Gasteiger partial charge is 0.385 e. The van der Waals surface area contributed by atoms with E-state index in [1.807, 2.05) is 19.2 Å². The number of benzene rings is 2. The van der Waals surface area contributed by atoms with Crippen LogP contribution in [-0.4, -0.2) is 33.4 Å². The number of methoxy groups -OCH3 is 1. The van der Waals surface area contributed by atoms with Gasteiger partial charge in [-0.25, -0.2) is 0 Å². The van der Waals surface area contributed by atoms with Gasteiger partial charge in [0.25, 0.3) is 0 Å². The van der Waals surface area contributed by atoms with Crippen LogP contribution in [0.25, 0.3) is 0 Å². The summed E-state index contributed by atoms with van der Waals surface area (Å²) in [6.07, 6.45) is 0.897. The third-order valence-electron chi connectivity index (χ3n) is 4.45. The maximum atomic E-state index is 6.34. The highest BCUT2D eigenvalue weighted by atomic mass is 16.5. The van der Waals surface area contributed by atoms with E-state index in [0.717, 1.165) is 6.42 Å². The summed E-state index contributed by atoms with van der Waals surface area (Å²) in [5, 5.41) is 3.47. The summed E-state index contributed by atoms with van der Waals surface area (Å²) in [5.41, 5.74) is 8.54. The van der Waals surface area contributed by atoms with E-state index in [4.69, 9.17) is 10.5 Å². The van der Waals surface area contributed by atoms with Gasteiger partial charge in [0.05, 0.1) is 0 Å². The van der Waals surface area contributed by atoms with E-state index in [-0.39, 0.29) is 11.5 Å². The molecule has 0 aromatic heterocycles. The molecule has 0 fully saturated rings. The fraction of sp³-hybridized carbons (Fsp3) is 0.368. The number of hydrogen-bond donors (Lipinski definition) is 2. The van der Waals surface area contributed by atoms with Gasteiger partial charge < -0.3 is 15.8 Å². The molecule has 0 aliphatic heterocycles. The van der Waals surface area contributed by atoms with Crippen LogP contribution >= 0.6 is 0 Å². The van der Waals surface area contributed by atoms with Gasteiger partial charge in [-0.3, -0.25) is 0 Å². The van der Waals surface area contributed by atoms with Crippen molar-refractivity contribution in [2.24, 2.45) is 5.73 Å². The number of hydrogen-bond acceptors (Lipinski definition) is 3. The first kappa shape index (κ1) is 16.7. The summed E-state index contributed by atoms with van der Waals surface area (Å²) >= 11 is 0. The summed E-state index contributed by atoms with van der Waals surface area (Å²) < 4.78 is 5.30. The van der Waals surface area contributed by atoms with Crippen LogP contribution in [0.4, 0.5) is 0 Å². The predicted octanol–water partition coefficient (Wildman–Crippen LogP) is 2.56. The summed E-state index contributed by atoms with van der Waals surface area (Å²) in [6, 6.07) is 21.2. The van der Waals surface area contributed by atoms with Gasteiger partial charge >= 0.3 is 0 Å². The van der Waals surface area contributed by atoms with Gasteiger partial charge in [-0.2, -0.15) is 0 Å². The summed E-state index contributed by atoms with van der Waals surface area (Å²) in [6.45, 7) is 1.24. The van der Waals surface area contributed by atoms with E-state index in [9.17, 15) is 0 Å². The van der Waals surface area contributed by atoms with E-state index in [2.05, 4.69) is 53.8 Å². The van der Waals surface area contributed by atoms with Crippen LogP contribution in [0.1, 0.15) is 17.5 Å². The molecular weight excluding hydrogens is 272 g/mol. The second-order valence-electron chi connectivity index (χ2n) is 5.53. The van der Waals surface area contributed by atoms with Crippen LogP contribution in [-0.2, 0) is 10.2 Å². The Morgan fingerprint density at radius 1 is 1.00 bits per heavy atom. The van der Waals surface area contributed by atoms with E-state index in [1.54, 1.807) is 7.11 Å². The zero-order valence-electron chi connectivity index (χ0n) is 13.5. The summed E-state index contributed by atoms with van der Waals surface area (Å²) in [7, 11) is 3.73. The van der Waals surface area contributed by atoms with Crippen molar-refractivity contribution in [2.45, 2.75) is 17.9 Å². The molecule has 0 aliphatic carbocycles. The molecule has 0 bridgehead atoms. The van der Waals surface area contributed by atoms with Crippen molar-refractivity contribution in [1.82, 2.24) is 5.32 Å². The molecule has 22 heavy (non-hydrogen) atoms. The molecule has 0 heterocycles. The van der Waals surface area contributed by atoms with E-state index in [1.165, 1.54) is 11.1 Å². The molecule has 0 saturated heterocycles. The lowest BCUT2D eigenvalue weighted by atomic mass is 9.68. The van der Waals surface area contributed by atoms with Gasteiger partial charge in [0.1, 0.15) is 0 Å².